The first-order valence-electron chi connectivity index (χ1n) is 6.36. The van der Waals surface area contributed by atoms with Crippen LogP contribution in [0.2, 0.25) is 0 Å². The average Bonchev–Trinajstić information content (AvgIpc) is 2.26. The molecule has 1 aliphatic heterocycles. The van der Waals surface area contributed by atoms with E-state index in [0.29, 0.717) is 25.8 Å². The molecule has 104 valence electrons. The van der Waals surface area contributed by atoms with Crippen LogP contribution in [0, 0.1) is 0 Å². The summed E-state index contributed by atoms with van der Waals surface area (Å²) in [4.78, 5) is 24.3. The first-order chi connectivity index (χ1) is 8.35. The largest absolute Gasteiger partial charge is 0.480 e. The van der Waals surface area contributed by atoms with E-state index >= 15 is 0 Å². The van der Waals surface area contributed by atoms with Crippen molar-refractivity contribution >= 4 is 12.0 Å². The number of amides is 2. The molecule has 1 heterocycles. The number of urea groups is 1. The predicted molar refractivity (Wildman–Crippen MR) is 66.3 cm³/mol. The highest BCUT2D eigenvalue weighted by atomic mass is 16.4. The summed E-state index contributed by atoms with van der Waals surface area (Å²) in [7, 11) is 0. The zero-order chi connectivity index (χ0) is 13.8. The molecule has 1 rings (SSSR count). The van der Waals surface area contributed by atoms with E-state index in [2.05, 4.69) is 5.32 Å². The van der Waals surface area contributed by atoms with Crippen LogP contribution < -0.4 is 5.32 Å². The van der Waals surface area contributed by atoms with Gasteiger partial charge in [-0.2, -0.15) is 0 Å². The third kappa shape index (κ3) is 4.18. The molecule has 0 bridgehead atoms. The second-order valence-electron chi connectivity index (χ2n) is 5.15. The first kappa shape index (κ1) is 14.8. The lowest BCUT2D eigenvalue weighted by molar-refractivity contribution is -0.139. The Bertz CT molecular complexity index is 317. The van der Waals surface area contributed by atoms with E-state index < -0.39 is 23.6 Å². The van der Waals surface area contributed by atoms with Crippen LogP contribution in [0.25, 0.3) is 0 Å². The van der Waals surface area contributed by atoms with Gasteiger partial charge in [0.15, 0.2) is 0 Å². The smallest absolute Gasteiger partial charge is 0.326 e. The van der Waals surface area contributed by atoms with Crippen molar-refractivity contribution in [2.45, 2.75) is 51.2 Å². The van der Waals surface area contributed by atoms with Gasteiger partial charge in [0.25, 0.3) is 0 Å². The van der Waals surface area contributed by atoms with Gasteiger partial charge in [-0.1, -0.05) is 13.3 Å². The van der Waals surface area contributed by atoms with E-state index in [-0.39, 0.29) is 6.54 Å². The number of hydrogen-bond acceptors (Lipinski definition) is 3. The van der Waals surface area contributed by atoms with E-state index in [9.17, 15) is 14.7 Å². The third-order valence-corrected chi connectivity index (χ3v) is 3.14. The number of piperidine rings is 1. The number of aliphatic carboxylic acids is 1. The van der Waals surface area contributed by atoms with Crippen molar-refractivity contribution in [3.63, 3.8) is 0 Å². The second-order valence-corrected chi connectivity index (χ2v) is 5.15. The van der Waals surface area contributed by atoms with Crippen LogP contribution in [0.5, 0.6) is 0 Å². The Morgan fingerprint density at radius 1 is 1.50 bits per heavy atom. The third-order valence-electron chi connectivity index (χ3n) is 3.14. The van der Waals surface area contributed by atoms with Crippen LogP contribution in [0.1, 0.15) is 39.5 Å². The topological polar surface area (TPSA) is 89.9 Å². The molecule has 1 unspecified atom stereocenters. The summed E-state index contributed by atoms with van der Waals surface area (Å²) in [5, 5.41) is 21.4. The molecule has 0 aliphatic carbocycles. The molecule has 1 aliphatic rings. The van der Waals surface area contributed by atoms with Crippen molar-refractivity contribution in [3.8, 4) is 0 Å². The van der Waals surface area contributed by atoms with Gasteiger partial charge in [-0.3, -0.25) is 0 Å². The monoisotopic (exact) mass is 258 g/mol. The molecular formula is C12H22N2O4. The number of nitrogens with one attached hydrogen (secondary N) is 1. The molecule has 0 aromatic heterocycles. The Labute approximate surface area is 107 Å². The quantitative estimate of drug-likeness (QED) is 0.695. The van der Waals surface area contributed by atoms with Crippen molar-refractivity contribution in [1.29, 1.82) is 0 Å². The molecule has 3 N–H and O–H groups in total. The summed E-state index contributed by atoms with van der Waals surface area (Å²) in [5.74, 6) is -1.02. The molecule has 2 atom stereocenters. The fourth-order valence-electron chi connectivity index (χ4n) is 2.18. The zero-order valence-electron chi connectivity index (χ0n) is 11.0. The minimum absolute atomic E-state index is 0.247. The molecule has 0 radical (unpaired) electrons. The zero-order valence-corrected chi connectivity index (χ0v) is 11.0. The molecule has 6 nitrogen and oxygen atoms in total. The lowest BCUT2D eigenvalue weighted by atomic mass is 9.95. The molecule has 0 aromatic rings. The second kappa shape index (κ2) is 6.04. The van der Waals surface area contributed by atoms with Gasteiger partial charge in [0, 0.05) is 6.54 Å². The van der Waals surface area contributed by atoms with Gasteiger partial charge in [0.2, 0.25) is 0 Å². The van der Waals surface area contributed by atoms with Crippen molar-refractivity contribution < 1.29 is 19.8 Å². The van der Waals surface area contributed by atoms with Gasteiger partial charge in [0.05, 0.1) is 12.1 Å². The summed E-state index contributed by atoms with van der Waals surface area (Å²) in [6.07, 6.45) is 2.49. The molecular weight excluding hydrogens is 236 g/mol. The summed E-state index contributed by atoms with van der Waals surface area (Å²) >= 11 is 0. The maximum atomic E-state index is 11.9. The number of β-amino-alcohol motifs (C(OH)–C–C–N with tert-alkyl or cyclic N) is 1. The number of likely N-dealkylation sites (tertiary alicyclic amines) is 1. The highest BCUT2D eigenvalue weighted by Crippen LogP contribution is 2.20. The average molecular weight is 258 g/mol. The molecule has 0 saturated carbocycles. The maximum absolute atomic E-state index is 11.9. The first-order valence-corrected chi connectivity index (χ1v) is 6.36. The Morgan fingerprint density at radius 2 is 2.17 bits per heavy atom. The Balaban J connectivity index is 2.55. The Kier molecular flexibility index (Phi) is 4.95. The molecule has 0 spiro atoms. The van der Waals surface area contributed by atoms with Crippen LogP contribution >= 0.6 is 0 Å². The van der Waals surface area contributed by atoms with Crippen LogP contribution in [0.3, 0.4) is 0 Å². The summed E-state index contributed by atoms with van der Waals surface area (Å²) in [5.41, 5.74) is -0.876. The van der Waals surface area contributed by atoms with E-state index in [1.165, 1.54) is 4.90 Å². The van der Waals surface area contributed by atoms with Gasteiger partial charge in [-0.15, -0.1) is 0 Å². The number of carboxylic acids is 1. The predicted octanol–water partition coefficient (Wildman–Crippen LogP) is 0.796. The lowest BCUT2D eigenvalue weighted by Crippen LogP contribution is -2.54. The van der Waals surface area contributed by atoms with Crippen molar-refractivity contribution in [2.24, 2.45) is 0 Å². The van der Waals surface area contributed by atoms with E-state index in [1.54, 1.807) is 6.92 Å². The van der Waals surface area contributed by atoms with Gasteiger partial charge < -0.3 is 20.4 Å². The fraction of sp³-hybridized carbons (Fsp3) is 0.833. The minimum atomic E-state index is -1.02. The maximum Gasteiger partial charge on any atom is 0.326 e. The SMILES string of the molecule is CCC[C@@H](NC(=O)N1CCCC(C)(O)C1)C(=O)O. The van der Waals surface area contributed by atoms with E-state index in [0.717, 1.165) is 6.42 Å². The number of nitrogens with zero attached hydrogens (tertiary/aromatic N) is 1. The van der Waals surface area contributed by atoms with E-state index in [1.807, 2.05) is 6.92 Å². The Hall–Kier alpha value is -1.30. The number of aliphatic hydroxyl groups is 1. The number of carboxylic acid groups (broad SMARTS) is 1. The van der Waals surface area contributed by atoms with Crippen LogP contribution in [0.4, 0.5) is 4.79 Å². The highest BCUT2D eigenvalue weighted by Gasteiger charge is 2.32. The normalized spacial score (nSPS) is 25.6. The van der Waals surface area contributed by atoms with Crippen molar-refractivity contribution in [3.05, 3.63) is 0 Å². The summed E-state index contributed by atoms with van der Waals surface area (Å²) < 4.78 is 0. The van der Waals surface area contributed by atoms with Gasteiger partial charge in [-0.05, 0) is 26.2 Å². The summed E-state index contributed by atoms with van der Waals surface area (Å²) in [6.45, 7) is 4.36. The van der Waals surface area contributed by atoms with Gasteiger partial charge in [-0.25, -0.2) is 9.59 Å². The summed E-state index contributed by atoms with van der Waals surface area (Å²) in [6, 6.07) is -1.26. The van der Waals surface area contributed by atoms with Gasteiger partial charge >= 0.3 is 12.0 Å². The molecule has 0 aromatic carbocycles. The highest BCUT2D eigenvalue weighted by molar-refractivity contribution is 5.82. The minimum Gasteiger partial charge on any atom is -0.480 e. The Morgan fingerprint density at radius 3 is 2.67 bits per heavy atom. The number of carbonyl (C=O) groups is 2. The van der Waals surface area contributed by atoms with Crippen molar-refractivity contribution in [2.75, 3.05) is 13.1 Å². The molecule has 1 saturated heterocycles. The van der Waals surface area contributed by atoms with Crippen LogP contribution in [-0.2, 0) is 4.79 Å². The van der Waals surface area contributed by atoms with Crippen LogP contribution in [0.15, 0.2) is 0 Å². The molecule has 1 fully saturated rings. The van der Waals surface area contributed by atoms with E-state index in [4.69, 9.17) is 5.11 Å². The molecule has 6 heteroatoms. The van der Waals surface area contributed by atoms with Gasteiger partial charge in [0.1, 0.15) is 6.04 Å². The molecule has 18 heavy (non-hydrogen) atoms. The number of hydrogen-bond donors (Lipinski definition) is 3. The molecule has 2 amide bonds. The standard InChI is InChI=1S/C12H22N2O4/c1-3-5-9(10(15)16)13-11(17)14-7-4-6-12(2,18)8-14/h9,18H,3-8H2,1-2H3,(H,13,17)(H,15,16)/t9-,12?/m1/s1. The number of carbonyl (C=O) groups excluding carboxylic acids is 1. The number of rotatable bonds is 4. The van der Waals surface area contributed by atoms with Crippen molar-refractivity contribution in [1.82, 2.24) is 10.2 Å². The van der Waals surface area contributed by atoms with Crippen LogP contribution in [-0.4, -0.2) is 51.8 Å². The lowest BCUT2D eigenvalue weighted by Gasteiger charge is -2.37. The fourth-order valence-corrected chi connectivity index (χ4v) is 2.18.